The second-order valence-electron chi connectivity index (χ2n) is 6.25. The highest BCUT2D eigenvalue weighted by molar-refractivity contribution is 7.87. The average Bonchev–Trinajstić information content (AvgIpc) is 2.90. The van der Waals surface area contributed by atoms with Gasteiger partial charge in [0, 0.05) is 15.9 Å². The third kappa shape index (κ3) is 2.83. The molecule has 0 saturated carbocycles. The lowest BCUT2D eigenvalue weighted by atomic mass is 10.1. The average molecular weight is 436 g/mol. The summed E-state index contributed by atoms with van der Waals surface area (Å²) >= 11 is 0. The van der Waals surface area contributed by atoms with Gasteiger partial charge in [0.2, 0.25) is 0 Å². The molecule has 3 aromatic carbocycles. The Labute approximate surface area is 161 Å². The number of fused-ring (bicyclic) bond motifs is 3. The van der Waals surface area contributed by atoms with Gasteiger partial charge >= 0.3 is 0 Å². The molecule has 0 radical (unpaired) electrons. The van der Waals surface area contributed by atoms with Crippen molar-refractivity contribution in [3.8, 4) is 11.1 Å². The Bertz CT molecular complexity index is 1290. The van der Waals surface area contributed by atoms with Crippen LogP contribution in [-0.2, 0) is 24.8 Å². The van der Waals surface area contributed by atoms with Gasteiger partial charge in [-0.25, -0.2) is 0 Å². The van der Waals surface area contributed by atoms with Crippen LogP contribution in [0.3, 0.4) is 0 Å². The van der Waals surface area contributed by atoms with E-state index in [0.29, 0.717) is 15.9 Å². The standard InChI is InChI=1S/C18H13O7PS2/c19-26(12-4-2-1-3-5-12)17-8-6-13(27(20,21)22)10-15(17)16-11-14(28(23,24)25)7-9-18(16)26/h1-11H,(H,20,21,22)(H,23,24,25). The molecule has 0 unspecified atom stereocenters. The van der Waals surface area contributed by atoms with Crippen LogP contribution in [-0.4, -0.2) is 25.9 Å². The van der Waals surface area contributed by atoms with E-state index in [-0.39, 0.29) is 11.1 Å². The molecule has 4 rings (SSSR count). The Morgan fingerprint density at radius 2 is 1.07 bits per heavy atom. The van der Waals surface area contributed by atoms with Crippen LogP contribution in [0.15, 0.2) is 76.5 Å². The first-order valence-corrected chi connectivity index (χ1v) is 12.5. The molecule has 10 heteroatoms. The van der Waals surface area contributed by atoms with Gasteiger partial charge in [0.05, 0.1) is 9.79 Å². The Morgan fingerprint density at radius 1 is 0.643 bits per heavy atom. The molecule has 7 nitrogen and oxygen atoms in total. The van der Waals surface area contributed by atoms with E-state index in [2.05, 4.69) is 0 Å². The molecule has 1 aliphatic heterocycles. The van der Waals surface area contributed by atoms with Crippen LogP contribution in [0.4, 0.5) is 0 Å². The van der Waals surface area contributed by atoms with Gasteiger partial charge in [-0.15, -0.1) is 0 Å². The minimum atomic E-state index is -4.52. The summed E-state index contributed by atoms with van der Waals surface area (Å²) in [7, 11) is -12.4. The van der Waals surface area contributed by atoms with Crippen molar-refractivity contribution < 1.29 is 30.5 Å². The zero-order chi connectivity index (χ0) is 20.3. The topological polar surface area (TPSA) is 126 Å². The molecule has 0 aliphatic carbocycles. The third-order valence-electron chi connectivity index (χ3n) is 4.62. The maximum atomic E-state index is 14.2. The molecule has 144 valence electrons. The molecule has 0 spiro atoms. The summed E-state index contributed by atoms with van der Waals surface area (Å²) in [6.07, 6.45) is 0. The van der Waals surface area contributed by atoms with Crippen molar-refractivity contribution in [3.05, 3.63) is 66.7 Å². The molecular weight excluding hydrogens is 423 g/mol. The maximum absolute atomic E-state index is 14.2. The Morgan fingerprint density at radius 3 is 1.46 bits per heavy atom. The maximum Gasteiger partial charge on any atom is 0.294 e. The minimum Gasteiger partial charge on any atom is -0.309 e. The third-order valence-corrected chi connectivity index (χ3v) is 9.48. The van der Waals surface area contributed by atoms with Gasteiger partial charge in [-0.1, -0.05) is 30.3 Å². The summed E-state index contributed by atoms with van der Waals surface area (Å²) in [4.78, 5) is -0.813. The van der Waals surface area contributed by atoms with Gasteiger partial charge in [-0.3, -0.25) is 9.11 Å². The second kappa shape index (κ2) is 6.10. The summed E-state index contributed by atoms with van der Waals surface area (Å²) in [6, 6.07) is 15.9. The molecular formula is C18H13O7PS2. The molecule has 2 N–H and O–H groups in total. The monoisotopic (exact) mass is 436 g/mol. The van der Waals surface area contributed by atoms with Crippen molar-refractivity contribution in [2.45, 2.75) is 9.79 Å². The van der Waals surface area contributed by atoms with Crippen molar-refractivity contribution in [1.29, 1.82) is 0 Å². The lowest BCUT2D eigenvalue weighted by molar-refractivity contribution is 0.481. The van der Waals surface area contributed by atoms with Crippen LogP contribution in [0.25, 0.3) is 11.1 Å². The summed E-state index contributed by atoms with van der Waals surface area (Å²) < 4.78 is 79.1. The van der Waals surface area contributed by atoms with Gasteiger partial charge in [0.15, 0.2) is 7.14 Å². The van der Waals surface area contributed by atoms with Gasteiger partial charge < -0.3 is 4.57 Å². The predicted octanol–water partition coefficient (Wildman–Crippen LogP) is 1.80. The molecule has 28 heavy (non-hydrogen) atoms. The van der Waals surface area contributed by atoms with E-state index < -0.39 is 37.2 Å². The predicted molar refractivity (Wildman–Crippen MR) is 104 cm³/mol. The van der Waals surface area contributed by atoms with Gasteiger partial charge in [0.25, 0.3) is 20.2 Å². The molecule has 0 bridgehead atoms. The normalized spacial score (nSPS) is 15.1. The quantitative estimate of drug-likeness (QED) is 0.370. The van der Waals surface area contributed by atoms with Crippen LogP contribution >= 0.6 is 7.14 Å². The highest BCUT2D eigenvalue weighted by Gasteiger charge is 2.41. The minimum absolute atomic E-state index is 0.225. The van der Waals surface area contributed by atoms with E-state index in [9.17, 15) is 30.5 Å². The number of hydrogen-bond donors (Lipinski definition) is 2. The van der Waals surface area contributed by atoms with Crippen molar-refractivity contribution in [1.82, 2.24) is 0 Å². The second-order valence-corrected chi connectivity index (χ2v) is 11.8. The fourth-order valence-corrected chi connectivity index (χ4v) is 7.42. The molecule has 1 aliphatic rings. The van der Waals surface area contributed by atoms with E-state index >= 15 is 0 Å². The van der Waals surface area contributed by atoms with Crippen molar-refractivity contribution >= 4 is 43.3 Å². The zero-order valence-electron chi connectivity index (χ0n) is 14.1. The Balaban J connectivity index is 2.12. The molecule has 0 amide bonds. The van der Waals surface area contributed by atoms with E-state index in [4.69, 9.17) is 0 Å². The van der Waals surface area contributed by atoms with E-state index in [1.807, 2.05) is 0 Å². The van der Waals surface area contributed by atoms with Gasteiger partial charge in [-0.2, -0.15) is 16.8 Å². The lowest BCUT2D eigenvalue weighted by Gasteiger charge is -2.15. The molecule has 1 heterocycles. The first-order chi connectivity index (χ1) is 13.0. The fourth-order valence-electron chi connectivity index (χ4n) is 3.38. The largest absolute Gasteiger partial charge is 0.309 e. The van der Waals surface area contributed by atoms with E-state index in [0.717, 1.165) is 24.3 Å². The smallest absolute Gasteiger partial charge is 0.294 e. The molecule has 0 saturated heterocycles. The van der Waals surface area contributed by atoms with Crippen LogP contribution in [0.5, 0.6) is 0 Å². The highest BCUT2D eigenvalue weighted by atomic mass is 32.2. The summed E-state index contributed by atoms with van der Waals surface area (Å²) in [5.41, 5.74) is 0.450. The molecule has 3 aromatic rings. The van der Waals surface area contributed by atoms with Crippen LogP contribution < -0.4 is 15.9 Å². The van der Waals surface area contributed by atoms with Gasteiger partial charge in [-0.05, 0) is 47.5 Å². The highest BCUT2D eigenvalue weighted by Crippen LogP contribution is 2.52. The van der Waals surface area contributed by atoms with Gasteiger partial charge in [0.1, 0.15) is 0 Å². The molecule has 0 aromatic heterocycles. The van der Waals surface area contributed by atoms with Crippen molar-refractivity contribution in [3.63, 3.8) is 0 Å². The van der Waals surface area contributed by atoms with Crippen LogP contribution in [0.2, 0.25) is 0 Å². The van der Waals surface area contributed by atoms with Crippen molar-refractivity contribution in [2.75, 3.05) is 0 Å². The summed E-state index contributed by atoms with van der Waals surface area (Å²) in [6.45, 7) is 0. The molecule has 0 atom stereocenters. The van der Waals surface area contributed by atoms with Crippen molar-refractivity contribution in [2.24, 2.45) is 0 Å². The first kappa shape index (κ1) is 19.0. The van der Waals surface area contributed by atoms with E-state index in [1.165, 1.54) is 12.1 Å². The summed E-state index contributed by atoms with van der Waals surface area (Å²) in [5.74, 6) is 0. The fraction of sp³-hybridized carbons (Fsp3) is 0. The Kier molecular flexibility index (Phi) is 4.15. The van der Waals surface area contributed by atoms with Crippen LogP contribution in [0.1, 0.15) is 0 Å². The molecule has 0 fully saturated rings. The Hall–Kier alpha value is -2.29. The number of hydrogen-bond acceptors (Lipinski definition) is 5. The van der Waals surface area contributed by atoms with E-state index in [1.54, 1.807) is 30.3 Å². The van der Waals surface area contributed by atoms with Crippen LogP contribution in [0, 0.1) is 0 Å². The number of rotatable bonds is 3. The summed E-state index contributed by atoms with van der Waals surface area (Å²) in [5, 5.41) is 1.15. The SMILES string of the molecule is O=P1(c2ccccc2)c2ccc(S(=O)(=O)O)cc2-c2cc(S(=O)(=O)O)ccc21. The first-order valence-electron chi connectivity index (χ1n) is 7.93. The lowest BCUT2D eigenvalue weighted by Crippen LogP contribution is -2.21. The zero-order valence-corrected chi connectivity index (χ0v) is 16.6. The number of benzene rings is 3.